The van der Waals surface area contributed by atoms with Gasteiger partial charge in [-0.05, 0) is 6.07 Å². The summed E-state index contributed by atoms with van der Waals surface area (Å²) in [7, 11) is 0. The molecule has 1 aromatic heterocycles. The van der Waals surface area contributed by atoms with Gasteiger partial charge in [-0.2, -0.15) is 18.2 Å². The first kappa shape index (κ1) is 10.1. The summed E-state index contributed by atoms with van der Waals surface area (Å²) in [5.41, 5.74) is 0.142. The van der Waals surface area contributed by atoms with Gasteiger partial charge in [0.25, 0.3) is 0 Å². The predicted octanol–water partition coefficient (Wildman–Crippen LogP) is 2.56. The number of pyridine rings is 1. The van der Waals surface area contributed by atoms with Crippen molar-refractivity contribution in [3.8, 4) is 5.88 Å². The van der Waals surface area contributed by atoms with Crippen LogP contribution in [0.3, 0.4) is 0 Å². The SMILES string of the molecule is Fc1nc(OC(F)F)ccc1CCl. The molecule has 0 aliphatic heterocycles. The highest BCUT2D eigenvalue weighted by Gasteiger charge is 2.08. The first-order valence-electron chi connectivity index (χ1n) is 3.29. The monoisotopic (exact) mass is 211 g/mol. The highest BCUT2D eigenvalue weighted by atomic mass is 35.5. The summed E-state index contributed by atoms with van der Waals surface area (Å²) >= 11 is 5.32. The maximum absolute atomic E-state index is 12.8. The summed E-state index contributed by atoms with van der Waals surface area (Å²) < 4.78 is 39.9. The Hall–Kier alpha value is -0.970. The lowest BCUT2D eigenvalue weighted by Gasteiger charge is -2.03. The average Bonchev–Trinajstić information content (AvgIpc) is 2.03. The molecule has 0 amide bonds. The smallest absolute Gasteiger partial charge is 0.388 e. The lowest BCUT2D eigenvalue weighted by molar-refractivity contribution is -0.0532. The summed E-state index contributed by atoms with van der Waals surface area (Å²) in [6.45, 7) is -3.01. The second-order valence-corrected chi connectivity index (χ2v) is 2.38. The van der Waals surface area contributed by atoms with E-state index in [4.69, 9.17) is 11.6 Å². The second-order valence-electron chi connectivity index (χ2n) is 2.11. The topological polar surface area (TPSA) is 22.1 Å². The molecule has 0 unspecified atom stereocenters. The standard InChI is InChI=1S/C7H5ClF3NO/c8-3-4-1-2-5(12-6(4)9)13-7(10)11/h1-2,7H,3H2. The first-order valence-corrected chi connectivity index (χ1v) is 3.83. The van der Waals surface area contributed by atoms with Gasteiger partial charge in [0, 0.05) is 11.6 Å². The van der Waals surface area contributed by atoms with Gasteiger partial charge in [-0.15, -0.1) is 11.6 Å². The quantitative estimate of drug-likeness (QED) is 0.566. The molecule has 1 rings (SSSR count). The molecule has 13 heavy (non-hydrogen) atoms. The van der Waals surface area contributed by atoms with E-state index in [0.717, 1.165) is 6.07 Å². The van der Waals surface area contributed by atoms with Crippen LogP contribution in [0, 0.1) is 5.95 Å². The minimum absolute atomic E-state index is 0.0617. The fraction of sp³-hybridized carbons (Fsp3) is 0.286. The van der Waals surface area contributed by atoms with Crippen molar-refractivity contribution in [2.45, 2.75) is 12.5 Å². The molecule has 0 saturated heterocycles. The first-order chi connectivity index (χ1) is 6.13. The van der Waals surface area contributed by atoms with E-state index in [9.17, 15) is 13.2 Å². The molecule has 0 fully saturated rings. The maximum atomic E-state index is 12.8. The number of nitrogens with zero attached hydrogens (tertiary/aromatic N) is 1. The van der Waals surface area contributed by atoms with Crippen molar-refractivity contribution >= 4 is 11.6 Å². The summed E-state index contributed by atoms with van der Waals surface area (Å²) in [5.74, 6) is -1.41. The molecule has 0 aliphatic rings. The van der Waals surface area contributed by atoms with Crippen LogP contribution in [0.15, 0.2) is 12.1 Å². The van der Waals surface area contributed by atoms with Crippen molar-refractivity contribution in [2.75, 3.05) is 0 Å². The number of alkyl halides is 3. The number of hydrogen-bond acceptors (Lipinski definition) is 2. The normalized spacial score (nSPS) is 10.5. The van der Waals surface area contributed by atoms with E-state index >= 15 is 0 Å². The maximum Gasteiger partial charge on any atom is 0.388 e. The molecular formula is C7H5ClF3NO. The van der Waals surface area contributed by atoms with E-state index in [1.54, 1.807) is 0 Å². The number of ether oxygens (including phenoxy) is 1. The molecular weight excluding hydrogens is 207 g/mol. The van der Waals surface area contributed by atoms with Crippen LogP contribution in [0.2, 0.25) is 0 Å². The zero-order valence-electron chi connectivity index (χ0n) is 6.31. The van der Waals surface area contributed by atoms with Crippen LogP contribution >= 0.6 is 11.6 Å². The number of rotatable bonds is 3. The molecule has 72 valence electrons. The van der Waals surface area contributed by atoms with E-state index in [1.165, 1.54) is 6.07 Å². The van der Waals surface area contributed by atoms with Gasteiger partial charge in [0.15, 0.2) is 0 Å². The zero-order chi connectivity index (χ0) is 9.84. The average molecular weight is 212 g/mol. The van der Waals surface area contributed by atoms with Gasteiger partial charge < -0.3 is 4.74 Å². The molecule has 0 spiro atoms. The summed E-state index contributed by atoms with van der Waals surface area (Å²) in [6, 6.07) is 2.38. The molecule has 2 nitrogen and oxygen atoms in total. The van der Waals surface area contributed by atoms with Crippen LogP contribution in [-0.4, -0.2) is 11.6 Å². The van der Waals surface area contributed by atoms with Crippen molar-refractivity contribution in [3.05, 3.63) is 23.6 Å². The van der Waals surface area contributed by atoms with E-state index in [1.807, 2.05) is 0 Å². The Morgan fingerprint density at radius 3 is 2.62 bits per heavy atom. The minimum Gasteiger partial charge on any atom is -0.417 e. The Kier molecular flexibility index (Phi) is 3.36. The number of hydrogen-bond donors (Lipinski definition) is 0. The highest BCUT2D eigenvalue weighted by Crippen LogP contribution is 2.15. The molecule has 1 aromatic rings. The summed E-state index contributed by atoms with van der Waals surface area (Å²) in [6.07, 6.45) is 0. The summed E-state index contributed by atoms with van der Waals surface area (Å²) in [4.78, 5) is 3.13. The van der Waals surface area contributed by atoms with Gasteiger partial charge in [0.2, 0.25) is 11.8 Å². The molecule has 0 atom stereocenters. The van der Waals surface area contributed by atoms with Crippen molar-refractivity contribution in [3.63, 3.8) is 0 Å². The van der Waals surface area contributed by atoms with Gasteiger partial charge in [0.05, 0.1) is 5.88 Å². The van der Waals surface area contributed by atoms with Gasteiger partial charge in [0.1, 0.15) is 0 Å². The molecule has 0 N–H and O–H groups in total. The van der Waals surface area contributed by atoms with Gasteiger partial charge in [-0.3, -0.25) is 0 Å². The Morgan fingerprint density at radius 2 is 2.15 bits per heavy atom. The van der Waals surface area contributed by atoms with Gasteiger partial charge in [-0.25, -0.2) is 0 Å². The van der Waals surface area contributed by atoms with Crippen molar-refractivity contribution < 1.29 is 17.9 Å². The largest absolute Gasteiger partial charge is 0.417 e. The van der Waals surface area contributed by atoms with Crippen LogP contribution in [0.4, 0.5) is 13.2 Å². The van der Waals surface area contributed by atoms with Gasteiger partial charge >= 0.3 is 6.61 Å². The third kappa shape index (κ3) is 2.77. The van der Waals surface area contributed by atoms with Crippen LogP contribution in [0.25, 0.3) is 0 Å². The van der Waals surface area contributed by atoms with E-state index in [2.05, 4.69) is 9.72 Å². The van der Waals surface area contributed by atoms with E-state index in [-0.39, 0.29) is 11.4 Å². The van der Waals surface area contributed by atoms with Gasteiger partial charge in [-0.1, -0.05) is 0 Å². The van der Waals surface area contributed by atoms with Crippen molar-refractivity contribution in [2.24, 2.45) is 0 Å². The molecule has 0 aromatic carbocycles. The van der Waals surface area contributed by atoms with Crippen LogP contribution in [0.1, 0.15) is 5.56 Å². The Balaban J connectivity index is 2.83. The molecule has 6 heteroatoms. The lowest BCUT2D eigenvalue weighted by Crippen LogP contribution is -2.05. The third-order valence-corrected chi connectivity index (χ3v) is 1.54. The van der Waals surface area contributed by atoms with Crippen molar-refractivity contribution in [1.82, 2.24) is 4.98 Å². The molecule has 0 aliphatic carbocycles. The summed E-state index contributed by atoms with van der Waals surface area (Å²) in [5, 5.41) is 0. The molecule has 1 heterocycles. The molecule has 0 saturated carbocycles. The second kappa shape index (κ2) is 4.32. The third-order valence-electron chi connectivity index (χ3n) is 1.25. The van der Waals surface area contributed by atoms with Crippen LogP contribution in [-0.2, 0) is 5.88 Å². The fourth-order valence-electron chi connectivity index (χ4n) is 0.703. The Bertz CT molecular complexity index is 295. The Labute approximate surface area is 77.3 Å². The number of halogens is 4. The van der Waals surface area contributed by atoms with Crippen molar-refractivity contribution in [1.29, 1.82) is 0 Å². The van der Waals surface area contributed by atoms with E-state index in [0.29, 0.717) is 0 Å². The minimum atomic E-state index is -3.01. The zero-order valence-corrected chi connectivity index (χ0v) is 7.06. The Morgan fingerprint density at radius 1 is 1.46 bits per heavy atom. The highest BCUT2D eigenvalue weighted by molar-refractivity contribution is 6.17. The van der Waals surface area contributed by atoms with Crippen LogP contribution in [0.5, 0.6) is 5.88 Å². The molecule has 0 radical (unpaired) electrons. The predicted molar refractivity (Wildman–Crippen MR) is 40.4 cm³/mol. The van der Waals surface area contributed by atoms with Crippen LogP contribution < -0.4 is 4.74 Å². The fourth-order valence-corrected chi connectivity index (χ4v) is 0.902. The van der Waals surface area contributed by atoms with E-state index < -0.39 is 18.4 Å². The molecule has 0 bridgehead atoms. The lowest BCUT2D eigenvalue weighted by atomic mass is 10.3. The number of aromatic nitrogens is 1.